The van der Waals surface area contributed by atoms with Gasteiger partial charge >= 0.3 is 6.18 Å². The van der Waals surface area contributed by atoms with Gasteiger partial charge in [-0.05, 0) is 49.3 Å². The number of benzene rings is 1. The molecule has 6 nitrogen and oxygen atoms in total. The first-order valence-corrected chi connectivity index (χ1v) is 12.0. The molecule has 1 aromatic carbocycles. The highest BCUT2D eigenvalue weighted by Gasteiger charge is 2.32. The number of anilines is 1. The van der Waals surface area contributed by atoms with E-state index in [0.29, 0.717) is 40.5 Å². The van der Waals surface area contributed by atoms with Crippen molar-refractivity contribution in [1.82, 2.24) is 14.3 Å². The SMILES string of the molecule is Cc1nsc(Cc2cnc(C(F)(F)F)cn2)c1C(=O)Nc1ccc(F)c(OCC2CCCCC2)c1. The molecule has 4 rings (SSSR count). The molecule has 1 aliphatic carbocycles. The van der Waals surface area contributed by atoms with Crippen molar-refractivity contribution in [3.05, 3.63) is 63.9 Å². The van der Waals surface area contributed by atoms with Gasteiger partial charge < -0.3 is 10.1 Å². The summed E-state index contributed by atoms with van der Waals surface area (Å²) in [6, 6.07) is 4.13. The average Bonchev–Trinajstić information content (AvgIpc) is 3.19. The second-order valence-electron chi connectivity index (χ2n) is 8.55. The maximum atomic E-state index is 14.3. The van der Waals surface area contributed by atoms with Crippen LogP contribution in [0.5, 0.6) is 5.75 Å². The zero-order chi connectivity index (χ0) is 25.0. The number of halogens is 4. The van der Waals surface area contributed by atoms with Crippen LogP contribution in [0.2, 0.25) is 0 Å². The van der Waals surface area contributed by atoms with Crippen LogP contribution in [-0.2, 0) is 12.6 Å². The van der Waals surface area contributed by atoms with Crippen LogP contribution in [0.15, 0.2) is 30.6 Å². The molecule has 0 saturated heterocycles. The summed E-state index contributed by atoms with van der Waals surface area (Å²) in [5.41, 5.74) is 0.318. The van der Waals surface area contributed by atoms with Crippen molar-refractivity contribution in [3.63, 3.8) is 0 Å². The maximum Gasteiger partial charge on any atom is 0.434 e. The third-order valence-corrected chi connectivity index (χ3v) is 6.82. The quantitative estimate of drug-likeness (QED) is 0.385. The van der Waals surface area contributed by atoms with E-state index in [4.69, 9.17) is 4.74 Å². The first kappa shape index (κ1) is 25.0. The number of nitrogens with zero attached hydrogens (tertiary/aromatic N) is 3. The lowest BCUT2D eigenvalue weighted by atomic mass is 9.90. The Labute approximate surface area is 203 Å². The van der Waals surface area contributed by atoms with Crippen molar-refractivity contribution in [1.29, 1.82) is 0 Å². The van der Waals surface area contributed by atoms with Crippen molar-refractivity contribution in [2.75, 3.05) is 11.9 Å². The maximum absolute atomic E-state index is 14.3. The van der Waals surface area contributed by atoms with Gasteiger partial charge in [0.1, 0.15) is 0 Å². The Hall–Kier alpha value is -3.08. The fourth-order valence-corrected chi connectivity index (χ4v) is 4.91. The monoisotopic (exact) mass is 508 g/mol. The number of amides is 1. The summed E-state index contributed by atoms with van der Waals surface area (Å²) in [5, 5.41) is 2.74. The first-order valence-electron chi connectivity index (χ1n) is 11.3. The van der Waals surface area contributed by atoms with Crippen molar-refractivity contribution in [2.45, 2.75) is 51.6 Å². The highest BCUT2D eigenvalue weighted by Crippen LogP contribution is 2.29. The second kappa shape index (κ2) is 10.7. The highest BCUT2D eigenvalue weighted by atomic mass is 32.1. The van der Waals surface area contributed by atoms with Gasteiger partial charge in [0.2, 0.25) is 0 Å². The third-order valence-electron chi connectivity index (χ3n) is 5.89. The van der Waals surface area contributed by atoms with Gasteiger partial charge in [0.25, 0.3) is 5.91 Å². The molecule has 1 aliphatic rings. The number of carbonyl (C=O) groups excluding carboxylic acids is 1. The number of ether oxygens (including phenoxy) is 1. The molecule has 1 saturated carbocycles. The molecule has 186 valence electrons. The van der Waals surface area contributed by atoms with Gasteiger partial charge in [-0.1, -0.05) is 19.3 Å². The summed E-state index contributed by atoms with van der Waals surface area (Å²) < 4.78 is 62.4. The van der Waals surface area contributed by atoms with Crippen molar-refractivity contribution >= 4 is 23.1 Å². The third kappa shape index (κ3) is 6.33. The Bertz CT molecular complexity index is 1180. The van der Waals surface area contributed by atoms with E-state index in [1.165, 1.54) is 24.6 Å². The van der Waals surface area contributed by atoms with Gasteiger partial charge in [-0.2, -0.15) is 17.5 Å². The van der Waals surface area contributed by atoms with Gasteiger partial charge in [-0.3, -0.25) is 9.78 Å². The van der Waals surface area contributed by atoms with Crippen LogP contribution in [0.3, 0.4) is 0 Å². The smallest absolute Gasteiger partial charge is 0.434 e. The number of aryl methyl sites for hydroxylation is 1. The Morgan fingerprint density at radius 3 is 2.63 bits per heavy atom. The van der Waals surface area contributed by atoms with Gasteiger partial charge in [0, 0.05) is 29.2 Å². The van der Waals surface area contributed by atoms with Crippen molar-refractivity contribution in [2.24, 2.45) is 5.92 Å². The number of aromatic nitrogens is 3. The molecule has 0 spiro atoms. The average molecular weight is 509 g/mol. The van der Waals surface area contributed by atoms with Crippen LogP contribution in [0, 0.1) is 18.7 Å². The van der Waals surface area contributed by atoms with Crippen LogP contribution in [0.1, 0.15) is 64.4 Å². The Balaban J connectivity index is 1.45. The molecule has 0 atom stereocenters. The molecule has 1 N–H and O–H groups in total. The molecule has 2 aromatic heterocycles. The molecular formula is C24H24F4N4O2S. The zero-order valence-corrected chi connectivity index (χ0v) is 19.8. The molecule has 2 heterocycles. The summed E-state index contributed by atoms with van der Waals surface area (Å²) in [4.78, 5) is 20.8. The van der Waals surface area contributed by atoms with Crippen molar-refractivity contribution < 1.29 is 27.1 Å². The summed E-state index contributed by atoms with van der Waals surface area (Å²) in [6.07, 6.45) is 2.87. The Morgan fingerprint density at radius 1 is 1.17 bits per heavy atom. The summed E-state index contributed by atoms with van der Waals surface area (Å²) >= 11 is 1.06. The number of hydrogen-bond acceptors (Lipinski definition) is 6. The predicted octanol–water partition coefficient (Wildman–Crippen LogP) is 6.20. The van der Waals surface area contributed by atoms with E-state index in [1.54, 1.807) is 6.92 Å². The largest absolute Gasteiger partial charge is 0.490 e. The van der Waals surface area contributed by atoms with E-state index in [1.807, 2.05) is 0 Å². The highest BCUT2D eigenvalue weighted by molar-refractivity contribution is 7.06. The molecule has 0 radical (unpaired) electrons. The van der Waals surface area contributed by atoms with Gasteiger partial charge in [-0.25, -0.2) is 9.37 Å². The molecule has 0 aliphatic heterocycles. The van der Waals surface area contributed by atoms with Crippen molar-refractivity contribution in [3.8, 4) is 5.75 Å². The molecule has 35 heavy (non-hydrogen) atoms. The minimum atomic E-state index is -4.58. The first-order chi connectivity index (χ1) is 16.7. The number of rotatable bonds is 7. The minimum Gasteiger partial charge on any atom is -0.490 e. The van der Waals surface area contributed by atoms with E-state index >= 15 is 0 Å². The standard InChI is InChI=1S/C24H24F4N4O2S/c1-14-22(20(35-32-14)10-17-11-30-21(12-29-17)24(26,27)28)23(33)31-16-7-8-18(25)19(9-16)34-13-15-5-3-2-4-6-15/h7-9,11-12,15H,2-6,10,13H2,1H3,(H,31,33). The summed E-state index contributed by atoms with van der Waals surface area (Å²) in [5.74, 6) is -0.490. The number of alkyl halides is 3. The van der Waals surface area contributed by atoms with Gasteiger partial charge in [-0.15, -0.1) is 0 Å². The summed E-state index contributed by atoms with van der Waals surface area (Å²) in [6.45, 7) is 2.09. The molecule has 0 unspecified atom stereocenters. The second-order valence-corrected chi connectivity index (χ2v) is 9.41. The molecule has 1 fully saturated rings. The molecule has 11 heteroatoms. The zero-order valence-electron chi connectivity index (χ0n) is 19.0. The molecule has 1 amide bonds. The molecule has 3 aromatic rings. The van der Waals surface area contributed by atoms with E-state index in [2.05, 4.69) is 19.7 Å². The van der Waals surface area contributed by atoms with Crippen LogP contribution in [0.25, 0.3) is 0 Å². The van der Waals surface area contributed by atoms with Crippen LogP contribution in [-0.4, -0.2) is 26.9 Å². The lowest BCUT2D eigenvalue weighted by molar-refractivity contribution is -0.141. The van der Waals surface area contributed by atoms with E-state index in [9.17, 15) is 22.4 Å². The summed E-state index contributed by atoms with van der Waals surface area (Å²) in [7, 11) is 0. The lowest BCUT2D eigenvalue weighted by Crippen LogP contribution is -2.17. The predicted molar refractivity (Wildman–Crippen MR) is 123 cm³/mol. The normalized spacial score (nSPS) is 14.7. The lowest BCUT2D eigenvalue weighted by Gasteiger charge is -2.22. The topological polar surface area (TPSA) is 77.0 Å². The fourth-order valence-electron chi connectivity index (χ4n) is 4.03. The molecule has 0 bridgehead atoms. The van der Waals surface area contributed by atoms with Crippen LogP contribution in [0.4, 0.5) is 23.2 Å². The molecular weight excluding hydrogens is 484 g/mol. The van der Waals surface area contributed by atoms with E-state index in [-0.39, 0.29) is 17.9 Å². The van der Waals surface area contributed by atoms with E-state index in [0.717, 1.165) is 43.4 Å². The Kier molecular flexibility index (Phi) is 7.63. The number of nitrogens with one attached hydrogen (secondary N) is 1. The number of carbonyl (C=O) groups is 1. The Morgan fingerprint density at radius 2 is 1.94 bits per heavy atom. The minimum absolute atomic E-state index is 0.0776. The van der Waals surface area contributed by atoms with Gasteiger partial charge in [0.15, 0.2) is 17.3 Å². The van der Waals surface area contributed by atoms with E-state index < -0.39 is 23.6 Å². The number of hydrogen-bond donors (Lipinski definition) is 1. The fraction of sp³-hybridized carbons (Fsp3) is 0.417. The van der Waals surface area contributed by atoms with Crippen LogP contribution >= 0.6 is 11.5 Å². The van der Waals surface area contributed by atoms with Gasteiger partial charge in [0.05, 0.1) is 29.8 Å². The van der Waals surface area contributed by atoms with Crippen LogP contribution < -0.4 is 10.1 Å².